The van der Waals surface area contributed by atoms with Crippen LogP contribution in [0.5, 0.6) is 5.75 Å². The summed E-state index contributed by atoms with van der Waals surface area (Å²) in [5.74, 6) is 3.03. The molecule has 1 fully saturated rings. The number of nitrogens with zero attached hydrogens (tertiary/aromatic N) is 1. The Hall–Kier alpha value is -1.36. The number of aryl methyl sites for hydroxylation is 1. The van der Waals surface area contributed by atoms with Gasteiger partial charge in [-0.25, -0.2) is 4.79 Å². The van der Waals surface area contributed by atoms with Gasteiger partial charge in [0.15, 0.2) is 0 Å². The first kappa shape index (κ1) is 15.0. The summed E-state index contributed by atoms with van der Waals surface area (Å²) in [5, 5.41) is 2.91. The number of hydrogen-bond donors (Lipinski definition) is 1. The zero-order valence-corrected chi connectivity index (χ0v) is 12.7. The number of thioether (sulfide) groups is 1. The van der Waals surface area contributed by atoms with Gasteiger partial charge in [-0.15, -0.1) is 0 Å². The van der Waals surface area contributed by atoms with E-state index in [1.165, 1.54) is 5.56 Å². The van der Waals surface area contributed by atoms with Crippen LogP contribution in [-0.4, -0.2) is 48.7 Å². The van der Waals surface area contributed by atoms with Crippen LogP contribution >= 0.6 is 11.8 Å². The number of hydrogen-bond acceptors (Lipinski definition) is 3. The zero-order chi connectivity index (χ0) is 14.2. The summed E-state index contributed by atoms with van der Waals surface area (Å²) in [6.07, 6.45) is 1.08. The van der Waals surface area contributed by atoms with Crippen LogP contribution in [0.4, 0.5) is 4.79 Å². The van der Waals surface area contributed by atoms with Crippen molar-refractivity contribution in [1.82, 2.24) is 10.2 Å². The number of rotatable bonds is 4. The Bertz CT molecular complexity index is 414. The lowest BCUT2D eigenvalue weighted by molar-refractivity contribution is 0.198. The molecule has 2 rings (SSSR count). The molecule has 1 heterocycles. The van der Waals surface area contributed by atoms with Gasteiger partial charge < -0.3 is 15.0 Å². The van der Waals surface area contributed by atoms with E-state index in [0.29, 0.717) is 13.2 Å². The van der Waals surface area contributed by atoms with Gasteiger partial charge in [0.05, 0.1) is 6.54 Å². The van der Waals surface area contributed by atoms with Gasteiger partial charge in [-0.05, 0) is 31.2 Å². The highest BCUT2D eigenvalue weighted by Gasteiger charge is 2.14. The summed E-state index contributed by atoms with van der Waals surface area (Å²) >= 11 is 1.92. The third kappa shape index (κ3) is 4.96. The molecular formula is C15H22N2O2S. The summed E-state index contributed by atoms with van der Waals surface area (Å²) < 4.78 is 5.59. The van der Waals surface area contributed by atoms with Crippen LogP contribution in [0, 0.1) is 6.92 Å². The normalized spacial score (nSPS) is 15.6. The monoisotopic (exact) mass is 294 g/mol. The second-order valence-corrected chi connectivity index (χ2v) is 6.07. The average Bonchev–Trinajstić information content (AvgIpc) is 2.74. The van der Waals surface area contributed by atoms with E-state index in [4.69, 9.17) is 4.74 Å². The van der Waals surface area contributed by atoms with Crippen LogP contribution < -0.4 is 10.1 Å². The zero-order valence-electron chi connectivity index (χ0n) is 11.9. The molecule has 5 heteroatoms. The molecule has 0 bridgehead atoms. The summed E-state index contributed by atoms with van der Waals surface area (Å²) in [6, 6.07) is 7.96. The molecular weight excluding hydrogens is 272 g/mol. The van der Waals surface area contributed by atoms with Crippen LogP contribution in [-0.2, 0) is 0 Å². The molecule has 110 valence electrons. The fourth-order valence-corrected chi connectivity index (χ4v) is 2.91. The van der Waals surface area contributed by atoms with Gasteiger partial charge >= 0.3 is 6.03 Å². The number of carbonyl (C=O) groups excluding carboxylic acids is 1. The number of carbonyl (C=O) groups is 1. The van der Waals surface area contributed by atoms with Crippen molar-refractivity contribution in [1.29, 1.82) is 0 Å². The molecule has 1 aliphatic rings. The fourth-order valence-electron chi connectivity index (χ4n) is 2.02. The van der Waals surface area contributed by atoms with Gasteiger partial charge in [-0.2, -0.15) is 11.8 Å². The molecule has 0 aliphatic carbocycles. The Kier molecular flexibility index (Phi) is 6.05. The number of amides is 2. The van der Waals surface area contributed by atoms with Crippen LogP contribution in [0.1, 0.15) is 12.0 Å². The maximum absolute atomic E-state index is 12.0. The lowest BCUT2D eigenvalue weighted by Crippen LogP contribution is -2.42. The van der Waals surface area contributed by atoms with Gasteiger partial charge in [-0.1, -0.05) is 17.7 Å². The first-order valence-corrected chi connectivity index (χ1v) is 8.21. The molecule has 1 aliphatic heterocycles. The fraction of sp³-hybridized carbons (Fsp3) is 0.533. The third-order valence-corrected chi connectivity index (χ3v) is 4.23. The molecule has 1 aromatic carbocycles. The second-order valence-electron chi connectivity index (χ2n) is 4.85. The standard InChI is InChI=1S/C15H22N2O2S/c1-13-3-5-14(6-4-13)19-10-7-16-15(18)17-8-2-11-20-12-9-17/h3-6H,2,7-12H2,1H3,(H,16,18). The molecule has 20 heavy (non-hydrogen) atoms. The number of urea groups is 1. The van der Waals surface area contributed by atoms with Crippen molar-refractivity contribution in [2.75, 3.05) is 37.7 Å². The van der Waals surface area contributed by atoms with E-state index >= 15 is 0 Å². The number of benzene rings is 1. The molecule has 0 aromatic heterocycles. The van der Waals surface area contributed by atoms with Crippen molar-refractivity contribution in [3.63, 3.8) is 0 Å². The minimum atomic E-state index is 0.0278. The van der Waals surface area contributed by atoms with E-state index in [1.54, 1.807) is 0 Å². The molecule has 0 saturated carbocycles. The van der Waals surface area contributed by atoms with E-state index in [2.05, 4.69) is 5.32 Å². The lowest BCUT2D eigenvalue weighted by Gasteiger charge is -2.20. The Labute approximate surface area is 124 Å². The van der Waals surface area contributed by atoms with E-state index < -0.39 is 0 Å². The topological polar surface area (TPSA) is 41.6 Å². The Morgan fingerprint density at radius 1 is 1.30 bits per heavy atom. The molecule has 1 saturated heterocycles. The van der Waals surface area contributed by atoms with E-state index in [-0.39, 0.29) is 6.03 Å². The maximum atomic E-state index is 12.0. The van der Waals surface area contributed by atoms with Gasteiger partial charge in [0.25, 0.3) is 0 Å². The third-order valence-electron chi connectivity index (χ3n) is 3.18. The van der Waals surface area contributed by atoms with Crippen molar-refractivity contribution in [2.24, 2.45) is 0 Å². The highest BCUT2D eigenvalue weighted by Crippen LogP contribution is 2.11. The van der Waals surface area contributed by atoms with Gasteiger partial charge in [0.2, 0.25) is 0 Å². The van der Waals surface area contributed by atoms with Crippen LogP contribution in [0.2, 0.25) is 0 Å². The smallest absolute Gasteiger partial charge is 0.317 e. The predicted octanol–water partition coefficient (Wildman–Crippen LogP) is 2.52. The number of nitrogens with one attached hydrogen (secondary N) is 1. The van der Waals surface area contributed by atoms with Crippen molar-refractivity contribution in [2.45, 2.75) is 13.3 Å². The van der Waals surface area contributed by atoms with E-state index in [9.17, 15) is 4.79 Å². The number of ether oxygens (including phenoxy) is 1. The average molecular weight is 294 g/mol. The predicted molar refractivity (Wildman–Crippen MR) is 83.6 cm³/mol. The summed E-state index contributed by atoms with van der Waals surface area (Å²) in [4.78, 5) is 13.9. The van der Waals surface area contributed by atoms with E-state index in [1.807, 2.05) is 47.9 Å². The first-order valence-electron chi connectivity index (χ1n) is 7.06. The van der Waals surface area contributed by atoms with Crippen LogP contribution in [0.15, 0.2) is 24.3 Å². The highest BCUT2D eigenvalue weighted by atomic mass is 32.2. The first-order chi connectivity index (χ1) is 9.75. The summed E-state index contributed by atoms with van der Waals surface area (Å²) in [7, 11) is 0. The summed E-state index contributed by atoms with van der Waals surface area (Å²) in [6.45, 7) is 4.78. The highest BCUT2D eigenvalue weighted by molar-refractivity contribution is 7.99. The molecule has 0 spiro atoms. The van der Waals surface area contributed by atoms with Crippen molar-refractivity contribution in [3.8, 4) is 5.75 Å². The van der Waals surface area contributed by atoms with E-state index in [0.717, 1.165) is 36.8 Å². The van der Waals surface area contributed by atoms with Crippen molar-refractivity contribution < 1.29 is 9.53 Å². The quantitative estimate of drug-likeness (QED) is 0.868. The molecule has 4 nitrogen and oxygen atoms in total. The Morgan fingerprint density at radius 3 is 2.90 bits per heavy atom. The van der Waals surface area contributed by atoms with Crippen LogP contribution in [0.25, 0.3) is 0 Å². The largest absolute Gasteiger partial charge is 0.492 e. The summed E-state index contributed by atoms with van der Waals surface area (Å²) in [5.41, 5.74) is 1.21. The lowest BCUT2D eigenvalue weighted by atomic mass is 10.2. The van der Waals surface area contributed by atoms with Crippen molar-refractivity contribution in [3.05, 3.63) is 29.8 Å². The Balaban J connectivity index is 1.64. The maximum Gasteiger partial charge on any atom is 0.317 e. The minimum Gasteiger partial charge on any atom is -0.492 e. The Morgan fingerprint density at radius 2 is 2.10 bits per heavy atom. The second kappa shape index (κ2) is 8.04. The molecule has 0 unspecified atom stereocenters. The molecule has 1 N–H and O–H groups in total. The molecule has 2 amide bonds. The van der Waals surface area contributed by atoms with Gasteiger partial charge in [0, 0.05) is 18.8 Å². The van der Waals surface area contributed by atoms with Crippen molar-refractivity contribution >= 4 is 17.8 Å². The molecule has 1 aromatic rings. The SMILES string of the molecule is Cc1ccc(OCCNC(=O)N2CCCSCC2)cc1. The van der Waals surface area contributed by atoms with Crippen LogP contribution in [0.3, 0.4) is 0 Å². The van der Waals surface area contributed by atoms with Gasteiger partial charge in [-0.3, -0.25) is 0 Å². The molecule has 0 radical (unpaired) electrons. The minimum absolute atomic E-state index is 0.0278. The molecule has 0 atom stereocenters. The van der Waals surface area contributed by atoms with Gasteiger partial charge in [0.1, 0.15) is 12.4 Å².